The van der Waals surface area contributed by atoms with Gasteiger partial charge in [-0.2, -0.15) is 0 Å². The van der Waals surface area contributed by atoms with Crippen LogP contribution in [-0.2, 0) is 16.0 Å². The van der Waals surface area contributed by atoms with Gasteiger partial charge in [0.25, 0.3) is 0 Å². The molecular weight excluding hydrogens is 351 g/mol. The summed E-state index contributed by atoms with van der Waals surface area (Å²) in [7, 11) is 3.56. The smallest absolute Gasteiger partial charge is 0.309 e. The molecule has 0 bridgehead atoms. The van der Waals surface area contributed by atoms with Crippen molar-refractivity contribution in [2.24, 2.45) is 0 Å². The second kappa shape index (κ2) is 12.4. The minimum Gasteiger partial charge on any atom is -0.492 e. The first kappa shape index (κ1) is 23.0. The van der Waals surface area contributed by atoms with E-state index in [2.05, 4.69) is 22.0 Å². The predicted molar refractivity (Wildman–Crippen MR) is 101 cm³/mol. The minimum absolute atomic E-state index is 0. The average molecular weight is 379 g/mol. The number of esters is 1. The van der Waals surface area contributed by atoms with E-state index in [1.54, 1.807) is 0 Å². The van der Waals surface area contributed by atoms with Crippen LogP contribution < -0.4 is 10.1 Å². The van der Waals surface area contributed by atoms with Crippen LogP contribution in [0.15, 0.2) is 24.3 Å². The number of carbonyl (C=O) groups excluding carboxylic acids is 1. The Labute approximate surface area is 156 Å². The largest absolute Gasteiger partial charge is 0.492 e. The van der Waals surface area contributed by atoms with Gasteiger partial charge in [-0.3, -0.25) is 9.69 Å². The molecular formula is C17H28Cl2N2O3. The van der Waals surface area contributed by atoms with E-state index < -0.39 is 0 Å². The van der Waals surface area contributed by atoms with Crippen LogP contribution in [0, 0.1) is 0 Å². The van der Waals surface area contributed by atoms with Crippen molar-refractivity contribution >= 4 is 30.8 Å². The summed E-state index contributed by atoms with van der Waals surface area (Å²) < 4.78 is 10.5. The number of nitrogens with one attached hydrogen (secondary N) is 1. The van der Waals surface area contributed by atoms with Crippen LogP contribution in [0.5, 0.6) is 5.75 Å². The Bertz CT molecular complexity index is 483. The Morgan fingerprint density at radius 1 is 1.29 bits per heavy atom. The maximum absolute atomic E-state index is 11.3. The summed E-state index contributed by atoms with van der Waals surface area (Å²) in [6.07, 6.45) is 2.68. The number of benzene rings is 1. The van der Waals surface area contributed by atoms with Crippen LogP contribution in [0.4, 0.5) is 0 Å². The van der Waals surface area contributed by atoms with Gasteiger partial charge >= 0.3 is 5.97 Å². The van der Waals surface area contributed by atoms with Gasteiger partial charge in [-0.1, -0.05) is 12.1 Å². The molecule has 7 heteroatoms. The summed E-state index contributed by atoms with van der Waals surface area (Å²) in [5.74, 6) is 0.572. The number of nitrogens with zero attached hydrogens (tertiary/aromatic N) is 1. The number of rotatable bonds is 7. The molecule has 5 nitrogen and oxygen atoms in total. The highest BCUT2D eigenvalue weighted by Gasteiger charge is 2.17. The lowest BCUT2D eigenvalue weighted by molar-refractivity contribution is -0.139. The molecule has 1 saturated heterocycles. The Morgan fingerprint density at radius 2 is 2.00 bits per heavy atom. The van der Waals surface area contributed by atoms with Crippen molar-refractivity contribution in [3.8, 4) is 5.75 Å². The second-order valence-electron chi connectivity index (χ2n) is 5.71. The zero-order chi connectivity index (χ0) is 15.8. The van der Waals surface area contributed by atoms with Crippen LogP contribution >= 0.6 is 24.8 Å². The number of halogens is 2. The Hall–Kier alpha value is -1.01. The number of ether oxygens (including phenoxy) is 2. The molecule has 2 rings (SSSR count). The van der Waals surface area contributed by atoms with Gasteiger partial charge in [0.05, 0.1) is 13.5 Å². The van der Waals surface area contributed by atoms with Crippen molar-refractivity contribution < 1.29 is 14.3 Å². The fraction of sp³-hybridized carbons (Fsp3) is 0.588. The maximum atomic E-state index is 11.3. The monoisotopic (exact) mass is 378 g/mol. The van der Waals surface area contributed by atoms with Crippen molar-refractivity contribution in [1.82, 2.24) is 10.2 Å². The Balaban J connectivity index is 0.00000264. The fourth-order valence-corrected chi connectivity index (χ4v) is 2.72. The molecule has 138 valence electrons. The second-order valence-corrected chi connectivity index (χ2v) is 5.71. The molecule has 0 atom stereocenters. The molecule has 1 N–H and O–H groups in total. The van der Waals surface area contributed by atoms with E-state index in [0.717, 1.165) is 30.9 Å². The van der Waals surface area contributed by atoms with Crippen LogP contribution in [0.2, 0.25) is 0 Å². The first-order valence-corrected chi connectivity index (χ1v) is 7.88. The van der Waals surface area contributed by atoms with E-state index in [-0.39, 0.29) is 37.2 Å². The van der Waals surface area contributed by atoms with Crippen LogP contribution in [0.25, 0.3) is 0 Å². The molecule has 0 saturated carbocycles. The van der Waals surface area contributed by atoms with E-state index in [4.69, 9.17) is 4.74 Å². The van der Waals surface area contributed by atoms with Gasteiger partial charge in [0.2, 0.25) is 0 Å². The van der Waals surface area contributed by atoms with Crippen molar-refractivity contribution in [2.75, 3.05) is 40.4 Å². The van der Waals surface area contributed by atoms with Gasteiger partial charge in [0.15, 0.2) is 0 Å². The molecule has 1 aliphatic rings. The molecule has 1 aromatic rings. The molecule has 0 radical (unpaired) electrons. The number of carbonyl (C=O) groups is 1. The Kier molecular flexibility index (Phi) is 11.8. The third kappa shape index (κ3) is 7.71. The zero-order valence-electron chi connectivity index (χ0n) is 14.3. The van der Waals surface area contributed by atoms with E-state index in [1.807, 2.05) is 24.3 Å². The third-order valence-corrected chi connectivity index (χ3v) is 4.12. The highest BCUT2D eigenvalue weighted by Crippen LogP contribution is 2.15. The number of piperidine rings is 1. The van der Waals surface area contributed by atoms with Gasteiger partial charge in [-0.25, -0.2) is 0 Å². The normalized spacial score (nSPS) is 14.5. The first-order valence-electron chi connectivity index (χ1n) is 7.88. The number of methoxy groups -OCH3 is 1. The average Bonchev–Trinajstić information content (AvgIpc) is 2.56. The number of hydrogen-bond acceptors (Lipinski definition) is 5. The molecule has 0 aromatic heterocycles. The minimum atomic E-state index is -0.234. The van der Waals surface area contributed by atoms with Gasteiger partial charge in [0.1, 0.15) is 12.4 Å². The van der Waals surface area contributed by atoms with Gasteiger partial charge in [-0.15, -0.1) is 24.8 Å². The van der Waals surface area contributed by atoms with Gasteiger partial charge in [-0.05, 0) is 50.7 Å². The molecule has 0 aliphatic carbocycles. The summed E-state index contributed by atoms with van der Waals surface area (Å²) in [5.41, 5.74) is 0.913. The van der Waals surface area contributed by atoms with Crippen LogP contribution in [0.3, 0.4) is 0 Å². The summed E-state index contributed by atoms with van der Waals surface area (Å²) >= 11 is 0. The molecule has 0 unspecified atom stereocenters. The standard InChI is InChI=1S/C17H26N2O3.2ClH/c1-19(15-6-8-18-9-7-15)10-11-22-16-5-3-4-14(12-16)13-17(20)21-2;;/h3-5,12,15,18H,6-11,13H2,1-2H3;2*1H. The highest BCUT2D eigenvalue weighted by molar-refractivity contribution is 5.85. The van der Waals surface area contributed by atoms with E-state index in [9.17, 15) is 4.79 Å². The summed E-state index contributed by atoms with van der Waals surface area (Å²) in [5, 5.41) is 3.38. The molecule has 1 heterocycles. The van der Waals surface area contributed by atoms with E-state index in [1.165, 1.54) is 20.0 Å². The van der Waals surface area contributed by atoms with Crippen LogP contribution in [-0.4, -0.2) is 57.3 Å². The van der Waals surface area contributed by atoms with Gasteiger partial charge in [0, 0.05) is 12.6 Å². The SMILES string of the molecule is COC(=O)Cc1cccc(OCCN(C)C2CCNCC2)c1.Cl.Cl. The van der Waals surface area contributed by atoms with Gasteiger partial charge < -0.3 is 14.8 Å². The molecule has 24 heavy (non-hydrogen) atoms. The van der Waals surface area contributed by atoms with Crippen molar-refractivity contribution in [3.63, 3.8) is 0 Å². The summed E-state index contributed by atoms with van der Waals surface area (Å²) in [6.45, 7) is 3.77. The first-order chi connectivity index (χ1) is 10.7. The zero-order valence-corrected chi connectivity index (χ0v) is 16.0. The summed E-state index contributed by atoms with van der Waals surface area (Å²) in [4.78, 5) is 13.7. The Morgan fingerprint density at radius 3 is 2.67 bits per heavy atom. The molecule has 0 spiro atoms. The highest BCUT2D eigenvalue weighted by atomic mass is 35.5. The van der Waals surface area contributed by atoms with E-state index >= 15 is 0 Å². The fourth-order valence-electron chi connectivity index (χ4n) is 2.72. The molecule has 1 aromatic carbocycles. The third-order valence-electron chi connectivity index (χ3n) is 4.12. The molecule has 1 fully saturated rings. The van der Waals surface area contributed by atoms with Crippen molar-refractivity contribution in [2.45, 2.75) is 25.3 Å². The maximum Gasteiger partial charge on any atom is 0.309 e. The topological polar surface area (TPSA) is 50.8 Å². The number of hydrogen-bond donors (Lipinski definition) is 1. The quantitative estimate of drug-likeness (QED) is 0.737. The predicted octanol–water partition coefficient (Wildman–Crippen LogP) is 2.31. The molecule has 1 aliphatic heterocycles. The van der Waals surface area contributed by atoms with Crippen molar-refractivity contribution in [1.29, 1.82) is 0 Å². The lowest BCUT2D eigenvalue weighted by atomic mass is 10.1. The lowest BCUT2D eigenvalue weighted by Crippen LogP contribution is -2.42. The summed E-state index contributed by atoms with van der Waals surface area (Å²) in [6, 6.07) is 8.29. The molecule has 0 amide bonds. The lowest BCUT2D eigenvalue weighted by Gasteiger charge is -2.31. The van der Waals surface area contributed by atoms with Crippen molar-refractivity contribution in [3.05, 3.63) is 29.8 Å². The van der Waals surface area contributed by atoms with Crippen LogP contribution in [0.1, 0.15) is 18.4 Å². The van der Waals surface area contributed by atoms with E-state index in [0.29, 0.717) is 12.6 Å². The number of likely N-dealkylation sites (N-methyl/N-ethyl adjacent to an activating group) is 1.